The molecule has 7 nitrogen and oxygen atoms in total. The maximum atomic E-state index is 11.2. The fraction of sp³-hybridized carbons (Fsp3) is 0.480. The molecule has 5 heterocycles. The normalized spacial score (nSPS) is 15.9. The van der Waals surface area contributed by atoms with Crippen LogP contribution in [0.3, 0.4) is 0 Å². The number of rotatable bonds is 6. The highest BCUT2D eigenvalue weighted by Crippen LogP contribution is 2.43. The Bertz CT molecular complexity index is 1320. The molecule has 1 saturated heterocycles. The minimum absolute atomic E-state index is 0.230. The zero-order valence-corrected chi connectivity index (χ0v) is 20.6. The summed E-state index contributed by atoms with van der Waals surface area (Å²) in [5, 5.41) is 5.76. The molecule has 4 aromatic heterocycles. The minimum atomic E-state index is -0.230. The summed E-state index contributed by atoms with van der Waals surface area (Å²) >= 11 is 1.91. The van der Waals surface area contributed by atoms with Gasteiger partial charge in [0.1, 0.15) is 11.2 Å². The van der Waals surface area contributed by atoms with Gasteiger partial charge in [-0.25, -0.2) is 9.50 Å². The third kappa shape index (κ3) is 4.06. The van der Waals surface area contributed by atoms with Crippen LogP contribution in [-0.2, 0) is 11.2 Å². The number of pyridine rings is 1. The largest absolute Gasteiger partial charge is 0.369 e. The molecule has 3 N–H and O–H groups in total. The molecule has 8 heteroatoms. The van der Waals surface area contributed by atoms with Crippen LogP contribution in [0.15, 0.2) is 18.6 Å². The first-order chi connectivity index (χ1) is 15.8. The lowest BCUT2D eigenvalue weighted by Gasteiger charge is -2.31. The quantitative estimate of drug-likeness (QED) is 0.442. The van der Waals surface area contributed by atoms with Crippen LogP contribution in [-0.4, -0.2) is 50.0 Å². The highest BCUT2D eigenvalue weighted by Gasteiger charge is 2.25. The number of nitrogens with one attached hydrogen (secondary N) is 1. The number of amides is 1. The van der Waals surface area contributed by atoms with Gasteiger partial charge in [-0.3, -0.25) is 9.69 Å². The monoisotopic (exact) mass is 464 g/mol. The number of likely N-dealkylation sites (tertiary alicyclic amines) is 1. The number of aryl methyl sites for hydroxylation is 2. The number of hydrogen-bond acceptors (Lipinski definition) is 5. The molecule has 33 heavy (non-hydrogen) atoms. The highest BCUT2D eigenvalue weighted by molar-refractivity contribution is 7.19. The van der Waals surface area contributed by atoms with E-state index in [0.29, 0.717) is 18.4 Å². The van der Waals surface area contributed by atoms with Crippen molar-refractivity contribution >= 4 is 33.1 Å². The molecular weight excluding hydrogens is 432 g/mol. The number of H-pyrrole nitrogens is 1. The first-order valence-electron chi connectivity index (χ1n) is 11.8. The summed E-state index contributed by atoms with van der Waals surface area (Å²) in [6.07, 6.45) is 7.04. The lowest BCUT2D eigenvalue weighted by molar-refractivity contribution is -0.119. The number of carbonyl (C=O) groups excluding carboxylic acids is 1. The van der Waals surface area contributed by atoms with Gasteiger partial charge in [0.15, 0.2) is 5.65 Å². The fourth-order valence-electron chi connectivity index (χ4n) is 5.34. The molecule has 1 aliphatic heterocycles. The molecule has 1 amide bonds. The lowest BCUT2D eigenvalue weighted by Crippen LogP contribution is -2.39. The first kappa shape index (κ1) is 22.1. The number of nitrogens with zero attached hydrogens (tertiary/aromatic N) is 4. The van der Waals surface area contributed by atoms with E-state index in [1.54, 1.807) is 6.33 Å². The number of aromatic amines is 1. The van der Waals surface area contributed by atoms with Crippen molar-refractivity contribution in [3.63, 3.8) is 0 Å². The van der Waals surface area contributed by atoms with Crippen LogP contribution in [0, 0.1) is 19.8 Å². The molecule has 174 valence electrons. The number of piperidine rings is 1. The van der Waals surface area contributed by atoms with E-state index in [1.807, 2.05) is 15.9 Å². The number of hydrogen-bond donors (Lipinski definition) is 2. The van der Waals surface area contributed by atoms with Crippen LogP contribution >= 0.6 is 11.3 Å². The Kier molecular flexibility index (Phi) is 5.74. The lowest BCUT2D eigenvalue weighted by atomic mass is 9.90. The summed E-state index contributed by atoms with van der Waals surface area (Å²) in [6, 6.07) is 2.21. The topological polar surface area (TPSA) is 92.3 Å². The highest BCUT2D eigenvalue weighted by atomic mass is 32.1. The van der Waals surface area contributed by atoms with Crippen LogP contribution in [0.2, 0.25) is 0 Å². The summed E-state index contributed by atoms with van der Waals surface area (Å²) in [5.74, 6) is 0.834. The van der Waals surface area contributed by atoms with Crippen molar-refractivity contribution in [2.24, 2.45) is 11.7 Å². The van der Waals surface area contributed by atoms with E-state index >= 15 is 0 Å². The van der Waals surface area contributed by atoms with Crippen molar-refractivity contribution in [3.8, 4) is 11.3 Å². The van der Waals surface area contributed by atoms with E-state index in [-0.39, 0.29) is 5.91 Å². The smallest absolute Gasteiger partial charge is 0.231 e. The molecule has 0 spiro atoms. The molecule has 1 aliphatic rings. The molecule has 0 unspecified atom stereocenters. The predicted molar refractivity (Wildman–Crippen MR) is 134 cm³/mol. The van der Waals surface area contributed by atoms with Crippen molar-refractivity contribution in [1.29, 1.82) is 0 Å². The zero-order valence-electron chi connectivity index (χ0n) is 19.8. The molecular formula is C25H32N6OS. The molecule has 0 saturated carbocycles. The average molecular weight is 465 g/mol. The number of carbonyl (C=O) groups is 1. The van der Waals surface area contributed by atoms with Crippen LogP contribution in [0.5, 0.6) is 0 Å². The molecule has 0 bridgehead atoms. The third-order valence-electron chi connectivity index (χ3n) is 7.01. The summed E-state index contributed by atoms with van der Waals surface area (Å²) in [7, 11) is 0. The van der Waals surface area contributed by atoms with E-state index in [1.165, 1.54) is 31.9 Å². The number of thiophene rings is 1. The molecule has 0 aromatic carbocycles. The fourth-order valence-corrected chi connectivity index (χ4v) is 6.68. The van der Waals surface area contributed by atoms with Gasteiger partial charge in [-0.05, 0) is 80.8 Å². The van der Waals surface area contributed by atoms with Gasteiger partial charge in [0.2, 0.25) is 5.91 Å². The second kappa shape index (κ2) is 8.57. The summed E-state index contributed by atoms with van der Waals surface area (Å²) < 4.78 is 1.87. The molecule has 0 atom stereocenters. The van der Waals surface area contributed by atoms with Crippen molar-refractivity contribution in [2.45, 2.75) is 52.9 Å². The van der Waals surface area contributed by atoms with Crippen LogP contribution < -0.4 is 5.73 Å². The Balaban J connectivity index is 1.46. The average Bonchev–Trinajstić information content (AvgIpc) is 3.45. The van der Waals surface area contributed by atoms with Crippen molar-refractivity contribution in [3.05, 3.63) is 40.2 Å². The van der Waals surface area contributed by atoms with Gasteiger partial charge >= 0.3 is 0 Å². The Morgan fingerprint density at radius 3 is 2.76 bits per heavy atom. The van der Waals surface area contributed by atoms with Gasteiger partial charge in [0.25, 0.3) is 0 Å². The van der Waals surface area contributed by atoms with Crippen LogP contribution in [0.25, 0.3) is 27.1 Å². The van der Waals surface area contributed by atoms with Gasteiger partial charge in [-0.2, -0.15) is 5.10 Å². The van der Waals surface area contributed by atoms with Gasteiger partial charge in [-0.15, -0.1) is 11.3 Å². The van der Waals surface area contributed by atoms with E-state index in [2.05, 4.69) is 59.9 Å². The van der Waals surface area contributed by atoms with Crippen LogP contribution in [0.1, 0.15) is 54.2 Å². The van der Waals surface area contributed by atoms with Gasteiger partial charge in [-0.1, -0.05) is 13.8 Å². The van der Waals surface area contributed by atoms with E-state index in [9.17, 15) is 4.79 Å². The summed E-state index contributed by atoms with van der Waals surface area (Å²) in [4.78, 5) is 24.3. The van der Waals surface area contributed by atoms with Gasteiger partial charge < -0.3 is 10.7 Å². The number of nitrogens with two attached hydrogens (primary N) is 1. The molecule has 0 radical (unpaired) electrons. The van der Waals surface area contributed by atoms with Gasteiger partial charge in [0.05, 0.1) is 12.2 Å². The first-order valence-corrected chi connectivity index (χ1v) is 12.6. The predicted octanol–water partition coefficient (Wildman–Crippen LogP) is 4.42. The van der Waals surface area contributed by atoms with Crippen molar-refractivity contribution < 1.29 is 4.79 Å². The molecule has 1 fully saturated rings. The Labute approximate surface area is 198 Å². The Morgan fingerprint density at radius 1 is 1.30 bits per heavy atom. The minimum Gasteiger partial charge on any atom is -0.369 e. The van der Waals surface area contributed by atoms with Gasteiger partial charge in [0, 0.05) is 22.0 Å². The summed E-state index contributed by atoms with van der Waals surface area (Å²) in [5.41, 5.74) is 12.5. The van der Waals surface area contributed by atoms with E-state index in [0.717, 1.165) is 49.1 Å². The van der Waals surface area contributed by atoms with Crippen LogP contribution in [0.4, 0.5) is 0 Å². The van der Waals surface area contributed by atoms with E-state index < -0.39 is 0 Å². The number of fused-ring (bicyclic) bond motifs is 2. The van der Waals surface area contributed by atoms with Crippen molar-refractivity contribution in [1.82, 2.24) is 24.5 Å². The number of aromatic nitrogens is 4. The molecule has 0 aliphatic carbocycles. The molecule has 4 aromatic rings. The summed E-state index contributed by atoms with van der Waals surface area (Å²) in [6.45, 7) is 11.2. The Hall–Kier alpha value is -2.71. The maximum absolute atomic E-state index is 11.2. The second-order valence-corrected chi connectivity index (χ2v) is 10.9. The Morgan fingerprint density at radius 2 is 2.06 bits per heavy atom. The second-order valence-electron chi connectivity index (χ2n) is 9.75. The SMILES string of the molecule is Cc1c(CC2CCN(CC(N)=O)CC2)sc2[nH]c(-c3cc(C)c4ncnn4c3)c(C(C)C)c12. The maximum Gasteiger partial charge on any atom is 0.231 e. The van der Waals surface area contributed by atoms with Crippen molar-refractivity contribution in [2.75, 3.05) is 19.6 Å². The number of primary amides is 1. The standard InChI is InChI=1S/C25H32N6OS/c1-14(2)21-22-16(4)19(10-17-5-7-30(8-6-17)12-20(26)32)33-25(22)29-23(21)18-9-15(3)24-27-13-28-31(24)11-18/h9,11,13-14,17,29H,5-8,10,12H2,1-4H3,(H2,26,32). The third-order valence-corrected chi connectivity index (χ3v) is 8.24. The zero-order chi connectivity index (χ0) is 23.3. The van der Waals surface area contributed by atoms with E-state index in [4.69, 9.17) is 5.73 Å². The molecule has 5 rings (SSSR count).